The first-order valence-corrected chi connectivity index (χ1v) is 3.97. The van der Waals surface area contributed by atoms with Gasteiger partial charge in [0.05, 0.1) is 0 Å². The van der Waals surface area contributed by atoms with Crippen molar-refractivity contribution in [1.29, 1.82) is 0 Å². The van der Waals surface area contributed by atoms with Crippen molar-refractivity contribution >= 4 is 16.1 Å². The molecule has 0 spiro atoms. The van der Waals surface area contributed by atoms with Crippen LogP contribution in [0.3, 0.4) is 0 Å². The molecule has 66 valence electrons. The molecule has 0 heterocycles. The van der Waals surface area contributed by atoms with Crippen molar-refractivity contribution in [3.63, 3.8) is 0 Å². The number of hydrogen-bond donors (Lipinski definition) is 4. The lowest BCUT2D eigenvalue weighted by Crippen LogP contribution is -2.51. The Morgan fingerprint density at radius 1 is 1.36 bits per heavy atom. The highest BCUT2D eigenvalue weighted by atomic mass is 32.2. The Bertz CT molecular complexity index is 246. The number of nitrogens with two attached hydrogens (primary N) is 2. The molecule has 11 heavy (non-hydrogen) atoms. The fourth-order valence-electron chi connectivity index (χ4n) is 0.326. The molecule has 0 aliphatic rings. The highest BCUT2D eigenvalue weighted by molar-refractivity contribution is 7.86. The van der Waals surface area contributed by atoms with E-state index < -0.39 is 27.5 Å². The van der Waals surface area contributed by atoms with Crippen LogP contribution < -0.4 is 11.5 Å². The summed E-state index contributed by atoms with van der Waals surface area (Å²) in [6.07, 6.45) is 0. The van der Waals surface area contributed by atoms with E-state index in [0.717, 1.165) is 0 Å². The van der Waals surface area contributed by atoms with E-state index in [0.29, 0.717) is 0 Å². The van der Waals surface area contributed by atoms with Crippen molar-refractivity contribution in [2.75, 3.05) is 0 Å². The third-order valence-corrected chi connectivity index (χ3v) is 1.96. The summed E-state index contributed by atoms with van der Waals surface area (Å²) >= 11 is 0. The zero-order chi connectivity index (χ0) is 9.23. The molecule has 0 aromatic carbocycles. The highest BCUT2D eigenvalue weighted by Gasteiger charge is 2.30. The predicted molar refractivity (Wildman–Crippen MR) is 35.1 cm³/mol. The zero-order valence-electron chi connectivity index (χ0n) is 5.34. The van der Waals surface area contributed by atoms with E-state index in [9.17, 15) is 13.2 Å². The van der Waals surface area contributed by atoms with E-state index in [4.69, 9.17) is 21.1 Å². The van der Waals surface area contributed by atoms with Crippen molar-refractivity contribution in [3.8, 4) is 0 Å². The number of rotatable bonds is 3. The van der Waals surface area contributed by atoms with Gasteiger partial charge in [-0.25, -0.2) is 0 Å². The van der Waals surface area contributed by atoms with Crippen LogP contribution in [-0.2, 0) is 14.9 Å². The van der Waals surface area contributed by atoms with Gasteiger partial charge in [0.25, 0.3) is 10.1 Å². The van der Waals surface area contributed by atoms with E-state index >= 15 is 0 Å². The van der Waals surface area contributed by atoms with Gasteiger partial charge in [-0.1, -0.05) is 0 Å². The first-order chi connectivity index (χ1) is 4.76. The van der Waals surface area contributed by atoms with Crippen LogP contribution in [0.2, 0.25) is 0 Å². The molecule has 7 nitrogen and oxygen atoms in total. The van der Waals surface area contributed by atoms with Crippen molar-refractivity contribution in [1.82, 2.24) is 0 Å². The maximum atomic E-state index is 10.2. The Labute approximate surface area is 62.7 Å². The largest absolute Gasteiger partial charge is 0.480 e. The highest BCUT2D eigenvalue weighted by Crippen LogP contribution is 1.95. The minimum absolute atomic E-state index is 1.59. The molecule has 0 rings (SSSR count). The summed E-state index contributed by atoms with van der Waals surface area (Å²) in [7, 11) is -4.58. The molecular formula is C3H8N2O5S. The zero-order valence-corrected chi connectivity index (χ0v) is 6.15. The van der Waals surface area contributed by atoms with Crippen LogP contribution in [0.1, 0.15) is 0 Å². The van der Waals surface area contributed by atoms with E-state index in [1.807, 2.05) is 0 Å². The van der Waals surface area contributed by atoms with Crippen LogP contribution in [0.4, 0.5) is 0 Å². The summed E-state index contributed by atoms with van der Waals surface area (Å²) in [4.78, 5) is 10.0. The normalized spacial score (nSPS) is 17.4. The van der Waals surface area contributed by atoms with Crippen LogP contribution in [-0.4, -0.2) is 35.5 Å². The average Bonchev–Trinajstić information content (AvgIpc) is 1.82. The van der Waals surface area contributed by atoms with Crippen LogP contribution >= 0.6 is 0 Å². The van der Waals surface area contributed by atoms with E-state index in [1.165, 1.54) is 0 Å². The SMILES string of the molecule is NC([C@H](N)C(=O)O)S(=O)(=O)O. The van der Waals surface area contributed by atoms with Crippen molar-refractivity contribution in [2.45, 2.75) is 11.4 Å². The topological polar surface area (TPSA) is 144 Å². The third-order valence-electron chi connectivity index (χ3n) is 0.983. The van der Waals surface area contributed by atoms with Gasteiger partial charge in [-0.15, -0.1) is 0 Å². The second kappa shape index (κ2) is 3.13. The Hall–Kier alpha value is -0.700. The van der Waals surface area contributed by atoms with Crippen LogP contribution in [0, 0.1) is 0 Å². The molecule has 0 aliphatic heterocycles. The van der Waals surface area contributed by atoms with E-state index in [-0.39, 0.29) is 0 Å². The smallest absolute Gasteiger partial charge is 0.323 e. The molecule has 0 fully saturated rings. The van der Waals surface area contributed by atoms with Gasteiger partial charge in [0.15, 0.2) is 5.37 Å². The van der Waals surface area contributed by atoms with Gasteiger partial charge in [0, 0.05) is 0 Å². The van der Waals surface area contributed by atoms with Gasteiger partial charge < -0.3 is 16.6 Å². The minimum Gasteiger partial charge on any atom is -0.480 e. The molecule has 0 amide bonds. The monoisotopic (exact) mass is 184 g/mol. The number of carbonyl (C=O) groups is 1. The molecule has 0 saturated heterocycles. The van der Waals surface area contributed by atoms with Crippen LogP contribution in [0.25, 0.3) is 0 Å². The standard InChI is InChI=1S/C3H8N2O5S/c4-1(3(6)7)2(5)11(8,9)10/h1-2H,4-5H2,(H,6,7)(H,8,9,10)/t1-,2?/m0/s1. The van der Waals surface area contributed by atoms with Crippen molar-refractivity contribution in [3.05, 3.63) is 0 Å². The molecule has 0 aromatic rings. The fraction of sp³-hybridized carbons (Fsp3) is 0.667. The maximum absolute atomic E-state index is 10.2. The molecule has 0 radical (unpaired) electrons. The minimum atomic E-state index is -4.58. The molecule has 2 atom stereocenters. The summed E-state index contributed by atoms with van der Waals surface area (Å²) < 4.78 is 28.5. The van der Waals surface area contributed by atoms with Gasteiger partial charge >= 0.3 is 5.97 Å². The van der Waals surface area contributed by atoms with Crippen LogP contribution in [0.15, 0.2) is 0 Å². The molecule has 8 heteroatoms. The first kappa shape index (κ1) is 10.3. The molecule has 0 saturated carbocycles. The molecule has 0 aliphatic carbocycles. The second-order valence-electron chi connectivity index (χ2n) is 1.84. The number of carboxylic acid groups (broad SMARTS) is 1. The van der Waals surface area contributed by atoms with Crippen LogP contribution in [0.5, 0.6) is 0 Å². The van der Waals surface area contributed by atoms with Crippen molar-refractivity contribution in [2.24, 2.45) is 11.5 Å². The number of aliphatic carboxylic acids is 1. The van der Waals surface area contributed by atoms with Gasteiger partial charge in [-0.2, -0.15) is 8.42 Å². The second-order valence-corrected chi connectivity index (χ2v) is 3.42. The van der Waals surface area contributed by atoms with Gasteiger partial charge in [0.1, 0.15) is 6.04 Å². The Kier molecular flexibility index (Phi) is 2.93. The summed E-state index contributed by atoms with van der Waals surface area (Å²) in [6, 6.07) is -1.81. The maximum Gasteiger partial charge on any atom is 0.323 e. The lowest BCUT2D eigenvalue weighted by atomic mass is 10.3. The van der Waals surface area contributed by atoms with Crippen molar-refractivity contribution < 1.29 is 22.9 Å². The molecule has 0 aromatic heterocycles. The Morgan fingerprint density at radius 2 is 1.73 bits per heavy atom. The molecule has 6 N–H and O–H groups in total. The quantitative estimate of drug-likeness (QED) is 0.357. The summed E-state index contributed by atoms with van der Waals surface area (Å²) in [5.74, 6) is -1.59. The van der Waals surface area contributed by atoms with Gasteiger partial charge in [0.2, 0.25) is 0 Å². The van der Waals surface area contributed by atoms with Gasteiger partial charge in [-0.3, -0.25) is 9.35 Å². The molecule has 0 bridgehead atoms. The summed E-state index contributed by atoms with van der Waals surface area (Å²) in [5.41, 5.74) is 9.53. The number of hydrogen-bond acceptors (Lipinski definition) is 5. The van der Waals surface area contributed by atoms with E-state index in [2.05, 4.69) is 0 Å². The lowest BCUT2D eigenvalue weighted by molar-refractivity contribution is -0.138. The summed E-state index contributed by atoms with van der Waals surface area (Å²) in [5, 5.41) is 6.15. The number of carboxylic acids is 1. The lowest BCUT2D eigenvalue weighted by Gasteiger charge is -2.11. The molecule has 1 unspecified atom stereocenters. The van der Waals surface area contributed by atoms with Gasteiger partial charge in [-0.05, 0) is 0 Å². The predicted octanol–water partition coefficient (Wildman–Crippen LogP) is -2.43. The average molecular weight is 184 g/mol. The third kappa shape index (κ3) is 2.80. The Morgan fingerprint density at radius 3 is 1.82 bits per heavy atom. The summed E-state index contributed by atoms with van der Waals surface area (Å²) in [6.45, 7) is 0. The van der Waals surface area contributed by atoms with E-state index in [1.54, 1.807) is 0 Å². The fourth-order valence-corrected chi connectivity index (χ4v) is 0.813. The first-order valence-electron chi connectivity index (χ1n) is 2.47. The molecular weight excluding hydrogens is 176 g/mol. The Balaban J connectivity index is 4.51.